The molecule has 1 aromatic rings. The van der Waals surface area contributed by atoms with Crippen molar-refractivity contribution in [2.24, 2.45) is 5.41 Å². The molecule has 0 aliphatic carbocycles. The van der Waals surface area contributed by atoms with Gasteiger partial charge in [0.1, 0.15) is 5.82 Å². The van der Waals surface area contributed by atoms with Gasteiger partial charge in [0, 0.05) is 17.1 Å². The van der Waals surface area contributed by atoms with E-state index in [-0.39, 0.29) is 34.2 Å². The third-order valence-corrected chi connectivity index (χ3v) is 6.25. The summed E-state index contributed by atoms with van der Waals surface area (Å²) in [5.74, 6) is -0.0563. The summed E-state index contributed by atoms with van der Waals surface area (Å²) in [5, 5.41) is 2.69. The van der Waals surface area contributed by atoms with Crippen LogP contribution in [-0.4, -0.2) is 22.8 Å². The molecule has 112 valence electrons. The smallest absolute Gasteiger partial charge is 0.234 e. The zero-order chi connectivity index (χ0) is 15.0. The van der Waals surface area contributed by atoms with Crippen molar-refractivity contribution in [3.63, 3.8) is 0 Å². The maximum absolute atomic E-state index is 13.2. The molecule has 2 heterocycles. The molecular weight excluding hydrogens is 289 g/mol. The van der Waals surface area contributed by atoms with E-state index in [4.69, 9.17) is 0 Å². The minimum atomic E-state index is -0.376. The third kappa shape index (κ3) is 2.48. The maximum atomic E-state index is 13.2. The molecule has 0 saturated carbocycles. The monoisotopic (exact) mass is 307 g/mol. The summed E-state index contributed by atoms with van der Waals surface area (Å²) < 4.78 is 13.2. The Balaban J connectivity index is 2.06. The molecule has 2 saturated heterocycles. The van der Waals surface area contributed by atoms with E-state index in [0.717, 1.165) is 24.2 Å². The molecule has 1 aromatic carbocycles. The molecule has 0 aromatic heterocycles. The van der Waals surface area contributed by atoms with Gasteiger partial charge in [-0.2, -0.15) is 11.8 Å². The van der Waals surface area contributed by atoms with Crippen molar-refractivity contribution in [3.8, 4) is 0 Å². The van der Waals surface area contributed by atoms with Crippen LogP contribution >= 0.6 is 11.8 Å². The van der Waals surface area contributed by atoms with Crippen LogP contribution in [0.3, 0.4) is 0 Å². The minimum absolute atomic E-state index is 0.187. The maximum Gasteiger partial charge on any atom is 0.234 e. The van der Waals surface area contributed by atoms with Gasteiger partial charge in [-0.25, -0.2) is 4.39 Å². The van der Waals surface area contributed by atoms with Gasteiger partial charge in [-0.1, -0.05) is 19.1 Å². The number of carbonyl (C=O) groups is 2. The molecule has 3 unspecified atom stereocenters. The highest BCUT2D eigenvalue weighted by Gasteiger charge is 2.53. The Morgan fingerprint density at radius 1 is 1.29 bits per heavy atom. The number of rotatable bonds is 1. The second kappa shape index (κ2) is 5.44. The molecule has 5 heteroatoms. The summed E-state index contributed by atoms with van der Waals surface area (Å²) in [5.41, 5.74) is 0.455. The number of thioether (sulfide) groups is 1. The van der Waals surface area contributed by atoms with Gasteiger partial charge in [-0.3, -0.25) is 14.9 Å². The number of benzene rings is 1. The molecule has 1 spiro atoms. The molecule has 2 fully saturated rings. The number of carbonyl (C=O) groups excluding carboxylic acids is 2. The van der Waals surface area contributed by atoms with Crippen LogP contribution in [0.4, 0.5) is 4.39 Å². The van der Waals surface area contributed by atoms with Crippen molar-refractivity contribution in [1.82, 2.24) is 5.32 Å². The number of imide groups is 1. The fourth-order valence-electron chi connectivity index (χ4n) is 3.70. The Morgan fingerprint density at radius 2 is 2.00 bits per heavy atom. The Kier molecular flexibility index (Phi) is 3.78. The molecular formula is C16H18FNO2S. The number of hydrogen-bond acceptors (Lipinski definition) is 3. The van der Waals surface area contributed by atoms with Crippen molar-refractivity contribution in [3.05, 3.63) is 35.6 Å². The van der Waals surface area contributed by atoms with Gasteiger partial charge in [0.05, 0.1) is 5.92 Å². The first-order valence-corrected chi connectivity index (χ1v) is 8.28. The second-order valence-electron chi connectivity index (χ2n) is 5.92. The molecule has 2 aliphatic heterocycles. The molecule has 21 heavy (non-hydrogen) atoms. The van der Waals surface area contributed by atoms with Crippen molar-refractivity contribution in [2.75, 3.05) is 5.75 Å². The summed E-state index contributed by atoms with van der Waals surface area (Å²) >= 11 is 1.82. The van der Waals surface area contributed by atoms with Crippen LogP contribution in [-0.2, 0) is 9.59 Å². The predicted octanol–water partition coefficient (Wildman–Crippen LogP) is 2.86. The molecule has 2 amide bonds. The fourth-order valence-corrected chi connectivity index (χ4v) is 5.03. The van der Waals surface area contributed by atoms with E-state index >= 15 is 0 Å². The van der Waals surface area contributed by atoms with Crippen LogP contribution in [0.2, 0.25) is 0 Å². The van der Waals surface area contributed by atoms with E-state index < -0.39 is 0 Å². The van der Waals surface area contributed by atoms with Crippen LogP contribution in [0.1, 0.15) is 37.7 Å². The first kappa shape index (κ1) is 14.6. The molecule has 0 radical (unpaired) electrons. The zero-order valence-electron chi connectivity index (χ0n) is 11.9. The molecule has 3 rings (SSSR count). The van der Waals surface area contributed by atoms with Gasteiger partial charge in [0.15, 0.2) is 0 Å². The lowest BCUT2D eigenvalue weighted by Crippen LogP contribution is -2.55. The first-order chi connectivity index (χ1) is 10.0. The van der Waals surface area contributed by atoms with Crippen molar-refractivity contribution in [1.29, 1.82) is 0 Å². The summed E-state index contributed by atoms with van der Waals surface area (Å²) in [7, 11) is 0. The van der Waals surface area contributed by atoms with E-state index in [1.165, 1.54) is 12.1 Å². The van der Waals surface area contributed by atoms with Gasteiger partial charge < -0.3 is 0 Å². The summed E-state index contributed by atoms with van der Waals surface area (Å²) in [6.07, 6.45) is 2.24. The molecule has 3 atom stereocenters. The highest BCUT2D eigenvalue weighted by molar-refractivity contribution is 7.99. The van der Waals surface area contributed by atoms with Crippen molar-refractivity contribution in [2.45, 2.75) is 37.4 Å². The first-order valence-electron chi connectivity index (χ1n) is 7.24. The lowest BCUT2D eigenvalue weighted by Gasteiger charge is -2.49. The summed E-state index contributed by atoms with van der Waals surface area (Å²) in [6.45, 7) is 2.10. The van der Waals surface area contributed by atoms with E-state index in [0.29, 0.717) is 6.42 Å². The zero-order valence-corrected chi connectivity index (χ0v) is 12.7. The highest BCUT2D eigenvalue weighted by Crippen LogP contribution is 2.54. The Hall–Kier alpha value is -1.36. The summed E-state index contributed by atoms with van der Waals surface area (Å²) in [6, 6.07) is 6.10. The minimum Gasteiger partial charge on any atom is -0.296 e. The van der Waals surface area contributed by atoms with Gasteiger partial charge in [-0.15, -0.1) is 0 Å². The van der Waals surface area contributed by atoms with Gasteiger partial charge in [-0.05, 0) is 36.3 Å². The average Bonchev–Trinajstić information content (AvgIpc) is 2.43. The number of piperidine rings is 1. The Labute approximate surface area is 127 Å². The number of nitrogens with one attached hydrogen (secondary N) is 1. The van der Waals surface area contributed by atoms with E-state index in [2.05, 4.69) is 12.2 Å². The largest absolute Gasteiger partial charge is 0.296 e. The Bertz CT molecular complexity index is 574. The van der Waals surface area contributed by atoms with Crippen molar-refractivity contribution >= 4 is 23.6 Å². The number of hydrogen-bond donors (Lipinski definition) is 1. The van der Waals surface area contributed by atoms with E-state index in [1.807, 2.05) is 11.8 Å². The summed E-state index contributed by atoms with van der Waals surface area (Å²) in [4.78, 5) is 24.4. The normalized spacial score (nSPS) is 33.0. The molecule has 0 bridgehead atoms. The topological polar surface area (TPSA) is 46.2 Å². The fraction of sp³-hybridized carbons (Fsp3) is 0.500. The van der Waals surface area contributed by atoms with E-state index in [1.54, 1.807) is 12.1 Å². The Morgan fingerprint density at radius 3 is 2.67 bits per heavy atom. The highest BCUT2D eigenvalue weighted by atomic mass is 32.2. The van der Waals surface area contributed by atoms with Crippen LogP contribution in [0, 0.1) is 11.2 Å². The molecule has 1 N–H and O–H groups in total. The van der Waals surface area contributed by atoms with Gasteiger partial charge in [0.25, 0.3) is 0 Å². The lowest BCUT2D eigenvalue weighted by molar-refractivity contribution is -0.140. The lowest BCUT2D eigenvalue weighted by atomic mass is 9.63. The number of amides is 2. The average molecular weight is 307 g/mol. The SMILES string of the molecule is CC1SCCCC12CC(=O)NC(=O)C2c1ccc(F)cc1. The van der Waals surface area contributed by atoms with E-state index in [9.17, 15) is 14.0 Å². The van der Waals surface area contributed by atoms with Gasteiger partial charge >= 0.3 is 0 Å². The van der Waals surface area contributed by atoms with Gasteiger partial charge in [0.2, 0.25) is 11.8 Å². The van der Waals surface area contributed by atoms with Crippen LogP contribution < -0.4 is 5.32 Å². The van der Waals surface area contributed by atoms with Crippen molar-refractivity contribution < 1.29 is 14.0 Å². The van der Waals surface area contributed by atoms with Crippen LogP contribution in [0.5, 0.6) is 0 Å². The van der Waals surface area contributed by atoms with Crippen LogP contribution in [0.15, 0.2) is 24.3 Å². The standard InChI is InChI=1S/C16H18FNO2S/c1-10-16(7-2-8-21-10)9-13(19)18-15(20)14(16)11-3-5-12(17)6-4-11/h3-6,10,14H,2,7-9H2,1H3,(H,18,19,20). The second-order valence-corrected chi connectivity index (χ2v) is 7.37. The predicted molar refractivity (Wildman–Crippen MR) is 80.5 cm³/mol. The third-order valence-electron chi connectivity index (χ3n) is 4.76. The molecule has 2 aliphatic rings. The van der Waals surface area contributed by atoms with Crippen LogP contribution in [0.25, 0.3) is 0 Å². The molecule has 3 nitrogen and oxygen atoms in total. The quantitative estimate of drug-likeness (QED) is 0.812. The number of halogens is 1.